The van der Waals surface area contributed by atoms with Crippen LogP contribution in [0.3, 0.4) is 0 Å². The van der Waals surface area contributed by atoms with Gasteiger partial charge in [0.05, 0.1) is 6.54 Å². The number of amides is 2. The first-order valence-electron chi connectivity index (χ1n) is 8.81. The van der Waals surface area contributed by atoms with Crippen LogP contribution in [0.25, 0.3) is 0 Å². The molecule has 3 rings (SSSR count). The summed E-state index contributed by atoms with van der Waals surface area (Å²) < 4.78 is 10.9. The lowest BCUT2D eigenvalue weighted by Gasteiger charge is -2.43. The Hall–Kier alpha value is -1.30. The number of likely N-dealkylation sites (N-methyl/N-ethyl adjacent to an activating group) is 1. The van der Waals surface area contributed by atoms with Crippen LogP contribution in [-0.2, 0) is 9.47 Å². The van der Waals surface area contributed by atoms with Gasteiger partial charge in [0, 0.05) is 6.54 Å². The molecule has 3 atom stereocenters. The van der Waals surface area contributed by atoms with Crippen molar-refractivity contribution in [3.05, 3.63) is 0 Å². The number of imide groups is 1. The van der Waals surface area contributed by atoms with Gasteiger partial charge in [-0.25, -0.2) is 14.5 Å². The van der Waals surface area contributed by atoms with Crippen LogP contribution in [0, 0.1) is 11.8 Å². The Morgan fingerprint density at radius 3 is 2.78 bits per heavy atom. The minimum atomic E-state index is -0.570. The molecule has 1 unspecified atom stereocenters. The fraction of sp³-hybridized carbons (Fsp3) is 0.882. The van der Waals surface area contributed by atoms with Crippen molar-refractivity contribution >= 4 is 12.2 Å². The fourth-order valence-electron chi connectivity index (χ4n) is 4.36. The molecule has 3 fully saturated rings. The minimum absolute atomic E-state index is 0.285. The van der Waals surface area contributed by atoms with Crippen molar-refractivity contribution in [3.63, 3.8) is 0 Å². The summed E-state index contributed by atoms with van der Waals surface area (Å²) in [5.41, 5.74) is -0.462. The van der Waals surface area contributed by atoms with Gasteiger partial charge in [0.2, 0.25) is 0 Å². The SMILES string of the molecule is CN(C)CCOC(=O)N1CC2(CC[C@@H]3CCCC[C@@H]3C2)OC1=O. The molecule has 3 aliphatic rings. The van der Waals surface area contributed by atoms with Crippen LogP contribution < -0.4 is 0 Å². The van der Waals surface area contributed by atoms with Crippen molar-refractivity contribution in [2.24, 2.45) is 11.8 Å². The van der Waals surface area contributed by atoms with Crippen molar-refractivity contribution in [1.29, 1.82) is 0 Å². The first kappa shape index (κ1) is 16.6. The zero-order valence-corrected chi connectivity index (χ0v) is 14.3. The van der Waals surface area contributed by atoms with Gasteiger partial charge in [-0.15, -0.1) is 0 Å². The van der Waals surface area contributed by atoms with Crippen LogP contribution in [0.4, 0.5) is 9.59 Å². The van der Waals surface area contributed by atoms with Crippen LogP contribution >= 0.6 is 0 Å². The summed E-state index contributed by atoms with van der Waals surface area (Å²) in [6, 6.07) is 0. The second kappa shape index (κ2) is 6.67. The van der Waals surface area contributed by atoms with Crippen LogP contribution in [-0.4, -0.2) is 61.4 Å². The highest BCUT2D eigenvalue weighted by Gasteiger charge is 2.52. The van der Waals surface area contributed by atoms with Gasteiger partial charge >= 0.3 is 12.2 Å². The van der Waals surface area contributed by atoms with Gasteiger partial charge in [0.15, 0.2) is 0 Å². The van der Waals surface area contributed by atoms with Gasteiger partial charge in [0.25, 0.3) is 0 Å². The zero-order chi connectivity index (χ0) is 16.4. The molecule has 1 spiro atoms. The maximum Gasteiger partial charge on any atom is 0.420 e. The van der Waals surface area contributed by atoms with Crippen molar-refractivity contribution in [2.45, 2.75) is 50.5 Å². The highest BCUT2D eigenvalue weighted by Crippen LogP contribution is 2.47. The molecule has 6 heteroatoms. The van der Waals surface area contributed by atoms with E-state index >= 15 is 0 Å². The van der Waals surface area contributed by atoms with E-state index in [4.69, 9.17) is 9.47 Å². The number of carbonyl (C=O) groups excluding carboxylic acids is 2. The first-order chi connectivity index (χ1) is 11.0. The van der Waals surface area contributed by atoms with Gasteiger partial charge in [0.1, 0.15) is 12.2 Å². The molecule has 0 aromatic rings. The molecule has 0 aromatic carbocycles. The van der Waals surface area contributed by atoms with Gasteiger partial charge in [-0.1, -0.05) is 25.7 Å². The quantitative estimate of drug-likeness (QED) is 0.799. The third-order valence-corrected chi connectivity index (χ3v) is 5.63. The Labute approximate surface area is 138 Å². The summed E-state index contributed by atoms with van der Waals surface area (Å²) in [7, 11) is 3.82. The van der Waals surface area contributed by atoms with Crippen LogP contribution in [0.1, 0.15) is 44.9 Å². The number of hydrogen-bond acceptors (Lipinski definition) is 5. The molecule has 1 saturated heterocycles. The summed E-state index contributed by atoms with van der Waals surface area (Å²) in [6.07, 6.45) is 6.95. The average Bonchev–Trinajstić information content (AvgIpc) is 2.83. The van der Waals surface area contributed by atoms with Gasteiger partial charge in [-0.05, 0) is 45.2 Å². The lowest BCUT2D eigenvalue weighted by Crippen LogP contribution is -2.44. The zero-order valence-electron chi connectivity index (χ0n) is 14.3. The Morgan fingerprint density at radius 1 is 1.30 bits per heavy atom. The number of ether oxygens (including phenoxy) is 2. The topological polar surface area (TPSA) is 59.1 Å². The highest BCUT2D eigenvalue weighted by molar-refractivity contribution is 5.89. The van der Waals surface area contributed by atoms with Crippen molar-refractivity contribution < 1.29 is 19.1 Å². The van der Waals surface area contributed by atoms with E-state index in [1.807, 2.05) is 19.0 Å². The van der Waals surface area contributed by atoms with E-state index in [-0.39, 0.29) is 6.61 Å². The molecule has 0 radical (unpaired) electrons. The molecule has 0 aromatic heterocycles. The van der Waals surface area contributed by atoms with E-state index in [9.17, 15) is 9.59 Å². The summed E-state index contributed by atoms with van der Waals surface area (Å²) in [6.45, 7) is 1.28. The normalized spacial score (nSPS) is 33.7. The van der Waals surface area contributed by atoms with Crippen molar-refractivity contribution in [3.8, 4) is 0 Å². The number of fused-ring (bicyclic) bond motifs is 1. The van der Waals surface area contributed by atoms with Gasteiger partial charge < -0.3 is 14.4 Å². The predicted octanol–water partition coefficient (Wildman–Crippen LogP) is 2.87. The van der Waals surface area contributed by atoms with Crippen LogP contribution in [0.5, 0.6) is 0 Å². The molecule has 2 saturated carbocycles. The summed E-state index contributed by atoms with van der Waals surface area (Å²) in [5.74, 6) is 1.43. The molecule has 130 valence electrons. The van der Waals surface area contributed by atoms with E-state index in [0.29, 0.717) is 19.0 Å². The predicted molar refractivity (Wildman–Crippen MR) is 85.1 cm³/mol. The molecule has 23 heavy (non-hydrogen) atoms. The Bertz CT molecular complexity index is 468. The Morgan fingerprint density at radius 2 is 2.04 bits per heavy atom. The maximum atomic E-state index is 12.1. The second-order valence-electron chi connectivity index (χ2n) is 7.60. The third kappa shape index (κ3) is 3.62. The summed E-state index contributed by atoms with van der Waals surface area (Å²) >= 11 is 0. The highest BCUT2D eigenvalue weighted by atomic mass is 16.6. The first-order valence-corrected chi connectivity index (χ1v) is 8.81. The number of carbonyl (C=O) groups is 2. The van der Waals surface area contributed by atoms with E-state index in [0.717, 1.165) is 30.1 Å². The molecule has 6 nitrogen and oxygen atoms in total. The number of hydrogen-bond donors (Lipinski definition) is 0. The average molecular weight is 324 g/mol. The Balaban J connectivity index is 1.57. The minimum Gasteiger partial charge on any atom is -0.448 e. The molecule has 1 aliphatic heterocycles. The van der Waals surface area contributed by atoms with E-state index in [1.54, 1.807) is 0 Å². The standard InChI is InChI=1S/C17H28N2O4/c1-18(2)9-10-22-15(20)19-12-17(23-16(19)21)8-7-13-5-3-4-6-14(13)11-17/h13-14H,3-12H2,1-2H3/t13-,14+,17?/m0/s1. The summed E-state index contributed by atoms with van der Waals surface area (Å²) in [5, 5.41) is 0. The molecular weight excluding hydrogens is 296 g/mol. The van der Waals surface area contributed by atoms with Gasteiger partial charge in [-0.2, -0.15) is 0 Å². The fourth-order valence-corrected chi connectivity index (χ4v) is 4.36. The van der Waals surface area contributed by atoms with E-state index < -0.39 is 17.8 Å². The molecule has 0 N–H and O–H groups in total. The monoisotopic (exact) mass is 324 g/mol. The number of rotatable bonds is 3. The van der Waals surface area contributed by atoms with Crippen molar-refractivity contribution in [1.82, 2.24) is 9.80 Å². The van der Waals surface area contributed by atoms with Crippen molar-refractivity contribution in [2.75, 3.05) is 33.8 Å². The second-order valence-corrected chi connectivity index (χ2v) is 7.60. The Kier molecular flexibility index (Phi) is 4.80. The van der Waals surface area contributed by atoms with E-state index in [1.165, 1.54) is 25.7 Å². The molecule has 2 aliphatic carbocycles. The molecule has 1 heterocycles. The van der Waals surface area contributed by atoms with Crippen LogP contribution in [0.15, 0.2) is 0 Å². The van der Waals surface area contributed by atoms with Crippen LogP contribution in [0.2, 0.25) is 0 Å². The lowest BCUT2D eigenvalue weighted by molar-refractivity contribution is -0.0233. The largest absolute Gasteiger partial charge is 0.448 e. The molecule has 2 amide bonds. The van der Waals surface area contributed by atoms with Gasteiger partial charge in [-0.3, -0.25) is 0 Å². The maximum absolute atomic E-state index is 12.1. The molecular formula is C17H28N2O4. The van der Waals surface area contributed by atoms with E-state index in [2.05, 4.69) is 0 Å². The number of nitrogens with zero attached hydrogens (tertiary/aromatic N) is 2. The molecule has 0 bridgehead atoms. The third-order valence-electron chi connectivity index (χ3n) is 5.63. The lowest BCUT2D eigenvalue weighted by atomic mass is 9.66. The summed E-state index contributed by atoms with van der Waals surface area (Å²) in [4.78, 5) is 27.4. The smallest absolute Gasteiger partial charge is 0.420 e.